The van der Waals surface area contributed by atoms with Crippen molar-refractivity contribution in [1.82, 2.24) is 4.90 Å². The van der Waals surface area contributed by atoms with Crippen LogP contribution in [0.25, 0.3) is 0 Å². The minimum absolute atomic E-state index is 0.00511. The number of quaternary nitrogens is 1. The number of amides is 1. The fraction of sp³-hybridized carbons (Fsp3) is 0.231. The van der Waals surface area contributed by atoms with E-state index < -0.39 is 0 Å². The van der Waals surface area contributed by atoms with Crippen LogP contribution < -0.4 is 9.64 Å². The number of nitrogens with one attached hydrogen (secondary N) is 1. The van der Waals surface area contributed by atoms with Crippen molar-refractivity contribution in [3.63, 3.8) is 0 Å². The summed E-state index contributed by atoms with van der Waals surface area (Å²) in [6.07, 6.45) is 0.787. The van der Waals surface area contributed by atoms with Crippen molar-refractivity contribution >= 4 is 12.2 Å². The van der Waals surface area contributed by atoms with E-state index >= 15 is 0 Å². The van der Waals surface area contributed by atoms with Gasteiger partial charge in [0.15, 0.2) is 6.61 Å². The van der Waals surface area contributed by atoms with Crippen LogP contribution in [0.5, 0.6) is 5.75 Å². The Morgan fingerprint density at radius 2 is 1.42 bits per heavy atom. The van der Waals surface area contributed by atoms with E-state index in [1.54, 1.807) is 24.3 Å². The van der Waals surface area contributed by atoms with Gasteiger partial charge >= 0.3 is 0 Å². The van der Waals surface area contributed by atoms with Gasteiger partial charge in [0.05, 0.1) is 26.2 Å². The SMILES string of the molecule is O=Cc1ccc(OCC(=O)N2CC[NH+](C(c3ccccc3)c3ccccc3)CC2)cc1. The molecule has 0 aromatic heterocycles. The van der Waals surface area contributed by atoms with Crippen LogP contribution >= 0.6 is 0 Å². The molecule has 1 N–H and O–H groups in total. The van der Waals surface area contributed by atoms with E-state index in [1.165, 1.54) is 16.0 Å². The molecule has 3 aromatic rings. The Kier molecular flexibility index (Phi) is 6.75. The smallest absolute Gasteiger partial charge is 0.260 e. The average Bonchev–Trinajstić information content (AvgIpc) is 2.85. The maximum Gasteiger partial charge on any atom is 0.260 e. The topological polar surface area (TPSA) is 51.1 Å². The molecule has 1 aliphatic rings. The standard InChI is InChI=1S/C26H26N2O3/c29-19-21-11-13-24(14-12-21)31-20-25(30)27-15-17-28(18-16-27)26(22-7-3-1-4-8-22)23-9-5-2-6-10-23/h1-14,19,26H,15-18,20H2/p+1. The van der Waals surface area contributed by atoms with Gasteiger partial charge in [0.25, 0.3) is 5.91 Å². The van der Waals surface area contributed by atoms with Crippen molar-refractivity contribution in [2.45, 2.75) is 6.04 Å². The molecular weight excluding hydrogens is 388 g/mol. The van der Waals surface area contributed by atoms with Crippen LogP contribution in [0.4, 0.5) is 0 Å². The quantitative estimate of drug-likeness (QED) is 0.603. The maximum absolute atomic E-state index is 12.6. The summed E-state index contributed by atoms with van der Waals surface area (Å²) < 4.78 is 5.62. The van der Waals surface area contributed by atoms with Crippen molar-refractivity contribution in [3.05, 3.63) is 102 Å². The molecule has 5 nitrogen and oxygen atoms in total. The van der Waals surface area contributed by atoms with Crippen molar-refractivity contribution < 1.29 is 19.2 Å². The zero-order chi connectivity index (χ0) is 21.5. The molecular formula is C26H27N2O3+. The average molecular weight is 416 g/mol. The number of carbonyl (C=O) groups excluding carboxylic acids is 2. The van der Waals surface area contributed by atoms with Crippen LogP contribution in [-0.4, -0.2) is 49.9 Å². The molecule has 1 fully saturated rings. The zero-order valence-corrected chi connectivity index (χ0v) is 17.4. The lowest BCUT2D eigenvalue weighted by atomic mass is 9.96. The van der Waals surface area contributed by atoms with Crippen LogP contribution in [0.3, 0.4) is 0 Å². The molecule has 1 aliphatic heterocycles. The summed E-state index contributed by atoms with van der Waals surface area (Å²) in [4.78, 5) is 26.7. The van der Waals surface area contributed by atoms with Gasteiger partial charge in [-0.15, -0.1) is 0 Å². The molecule has 3 aromatic carbocycles. The van der Waals surface area contributed by atoms with Gasteiger partial charge < -0.3 is 14.5 Å². The fourth-order valence-corrected chi connectivity index (χ4v) is 4.17. The molecule has 31 heavy (non-hydrogen) atoms. The number of hydrogen-bond acceptors (Lipinski definition) is 3. The van der Waals surface area contributed by atoms with Gasteiger partial charge in [-0.1, -0.05) is 60.7 Å². The molecule has 1 saturated heterocycles. The molecule has 0 spiro atoms. The first kappa shape index (κ1) is 20.8. The van der Waals surface area contributed by atoms with E-state index in [0.717, 1.165) is 19.4 Å². The highest BCUT2D eigenvalue weighted by atomic mass is 16.5. The van der Waals surface area contributed by atoms with E-state index in [1.807, 2.05) is 17.0 Å². The second kappa shape index (κ2) is 10.0. The predicted molar refractivity (Wildman–Crippen MR) is 119 cm³/mol. The van der Waals surface area contributed by atoms with E-state index in [2.05, 4.69) is 48.5 Å². The lowest BCUT2D eigenvalue weighted by Crippen LogP contribution is -3.15. The molecule has 0 atom stereocenters. The van der Waals surface area contributed by atoms with E-state index in [-0.39, 0.29) is 18.6 Å². The monoisotopic (exact) mass is 415 g/mol. The number of hydrogen-bond donors (Lipinski definition) is 1. The second-order valence-electron chi connectivity index (χ2n) is 7.77. The van der Waals surface area contributed by atoms with E-state index in [0.29, 0.717) is 24.4 Å². The van der Waals surface area contributed by atoms with Crippen molar-refractivity contribution in [2.75, 3.05) is 32.8 Å². The van der Waals surface area contributed by atoms with Crippen molar-refractivity contribution in [1.29, 1.82) is 0 Å². The van der Waals surface area contributed by atoms with Crippen LogP contribution in [0.1, 0.15) is 27.5 Å². The highest BCUT2D eigenvalue weighted by Crippen LogP contribution is 2.19. The van der Waals surface area contributed by atoms with Gasteiger partial charge in [0, 0.05) is 16.7 Å². The summed E-state index contributed by atoms with van der Waals surface area (Å²) in [5.41, 5.74) is 3.18. The van der Waals surface area contributed by atoms with Crippen LogP contribution in [-0.2, 0) is 4.79 Å². The fourth-order valence-electron chi connectivity index (χ4n) is 4.17. The first-order valence-electron chi connectivity index (χ1n) is 10.6. The lowest BCUT2D eigenvalue weighted by Gasteiger charge is -2.37. The summed E-state index contributed by atoms with van der Waals surface area (Å²) in [5, 5.41) is 0. The summed E-state index contributed by atoms with van der Waals surface area (Å²) >= 11 is 0. The van der Waals surface area contributed by atoms with Gasteiger partial charge in [-0.05, 0) is 24.3 Å². The predicted octanol–water partition coefficient (Wildman–Crippen LogP) is 2.39. The number of nitrogens with zero attached hydrogens (tertiary/aromatic N) is 1. The summed E-state index contributed by atoms with van der Waals surface area (Å²) in [6.45, 7) is 3.19. The minimum Gasteiger partial charge on any atom is -0.484 e. The largest absolute Gasteiger partial charge is 0.484 e. The highest BCUT2D eigenvalue weighted by Gasteiger charge is 2.31. The molecule has 0 radical (unpaired) electrons. The Labute approximate surface area is 182 Å². The first-order valence-corrected chi connectivity index (χ1v) is 10.6. The molecule has 1 amide bonds. The van der Waals surface area contributed by atoms with Gasteiger partial charge in [-0.3, -0.25) is 9.59 Å². The summed E-state index contributed by atoms with van der Waals surface area (Å²) in [5.74, 6) is 0.589. The molecule has 0 aliphatic carbocycles. The Bertz CT molecular complexity index is 943. The Morgan fingerprint density at radius 1 is 0.871 bits per heavy atom. The molecule has 5 heteroatoms. The lowest BCUT2D eigenvalue weighted by molar-refractivity contribution is -0.929. The molecule has 1 heterocycles. The molecule has 158 valence electrons. The number of piperazine rings is 1. The molecule has 0 bridgehead atoms. The number of benzene rings is 3. The summed E-state index contributed by atoms with van der Waals surface area (Å²) in [6, 6.07) is 28.2. The summed E-state index contributed by atoms with van der Waals surface area (Å²) in [7, 11) is 0. The normalized spacial score (nSPS) is 14.4. The Morgan fingerprint density at radius 3 is 1.94 bits per heavy atom. The number of rotatable bonds is 7. The Hall–Kier alpha value is -3.44. The third kappa shape index (κ3) is 5.19. The third-order valence-corrected chi connectivity index (χ3v) is 5.81. The van der Waals surface area contributed by atoms with Crippen LogP contribution in [0.2, 0.25) is 0 Å². The number of ether oxygens (including phenoxy) is 1. The van der Waals surface area contributed by atoms with Gasteiger partial charge in [0.1, 0.15) is 18.1 Å². The third-order valence-electron chi connectivity index (χ3n) is 5.81. The molecule has 0 saturated carbocycles. The zero-order valence-electron chi connectivity index (χ0n) is 17.4. The highest BCUT2D eigenvalue weighted by molar-refractivity contribution is 5.78. The second-order valence-corrected chi connectivity index (χ2v) is 7.77. The molecule has 4 rings (SSSR count). The van der Waals surface area contributed by atoms with Gasteiger partial charge in [-0.25, -0.2) is 0 Å². The van der Waals surface area contributed by atoms with Crippen molar-refractivity contribution in [3.8, 4) is 5.75 Å². The molecule has 0 unspecified atom stereocenters. The Balaban J connectivity index is 1.37. The van der Waals surface area contributed by atoms with E-state index in [9.17, 15) is 9.59 Å². The van der Waals surface area contributed by atoms with Gasteiger partial charge in [0.2, 0.25) is 0 Å². The maximum atomic E-state index is 12.6. The van der Waals surface area contributed by atoms with E-state index in [4.69, 9.17) is 4.74 Å². The number of aldehydes is 1. The van der Waals surface area contributed by atoms with Crippen LogP contribution in [0.15, 0.2) is 84.9 Å². The number of carbonyl (C=O) groups is 2. The van der Waals surface area contributed by atoms with Crippen molar-refractivity contribution in [2.24, 2.45) is 0 Å². The first-order chi connectivity index (χ1) is 15.2. The minimum atomic E-state index is -0.00511. The van der Waals surface area contributed by atoms with Crippen LogP contribution in [0, 0.1) is 0 Å². The van der Waals surface area contributed by atoms with Gasteiger partial charge in [-0.2, -0.15) is 0 Å².